The van der Waals surface area contributed by atoms with Gasteiger partial charge in [0.05, 0.1) is 11.8 Å². The van der Waals surface area contributed by atoms with Crippen LogP contribution in [0.15, 0.2) is 40.9 Å². The Labute approximate surface area is 147 Å². The van der Waals surface area contributed by atoms with Gasteiger partial charge in [-0.05, 0) is 37.5 Å². The van der Waals surface area contributed by atoms with Crippen LogP contribution in [0.2, 0.25) is 0 Å². The van der Waals surface area contributed by atoms with E-state index in [2.05, 4.69) is 4.98 Å². The van der Waals surface area contributed by atoms with Gasteiger partial charge in [-0.15, -0.1) is 0 Å². The standard InChI is InChI=1S/C20H22N2O3/c1-6-13-10(2)18(21-11(13)3)17-19(24)16(20(17)25)14-8-7-12(22(4)5)9-15(14)23/h7-9H,6H2,1-5H3,(H2,21,23,24,25). The van der Waals surface area contributed by atoms with E-state index in [1.165, 1.54) is 0 Å². The summed E-state index contributed by atoms with van der Waals surface area (Å²) in [5.41, 5.74) is 5.01. The fourth-order valence-electron chi connectivity index (χ4n) is 3.44. The van der Waals surface area contributed by atoms with Gasteiger partial charge in [0.15, 0.2) is 5.78 Å². The highest BCUT2D eigenvalue weighted by Gasteiger charge is 2.34. The van der Waals surface area contributed by atoms with Crippen LogP contribution in [0.5, 0.6) is 0 Å². The van der Waals surface area contributed by atoms with Crippen molar-refractivity contribution in [3.8, 4) is 0 Å². The molecule has 2 aliphatic rings. The number of allylic oxidation sites excluding steroid dienone is 5. The molecule has 0 spiro atoms. The normalized spacial score (nSPS) is 20.1. The topological polar surface area (TPSA) is 79.2 Å². The van der Waals surface area contributed by atoms with E-state index in [9.17, 15) is 15.0 Å². The Morgan fingerprint density at radius 1 is 1.20 bits per heavy atom. The lowest BCUT2D eigenvalue weighted by Gasteiger charge is -2.32. The first-order valence-electron chi connectivity index (χ1n) is 8.30. The van der Waals surface area contributed by atoms with E-state index in [4.69, 9.17) is 0 Å². The Kier molecular flexibility index (Phi) is 4.03. The third-order valence-corrected chi connectivity index (χ3v) is 4.87. The Balaban J connectivity index is 2.11. The van der Waals surface area contributed by atoms with Crippen molar-refractivity contribution in [3.63, 3.8) is 0 Å². The molecular weight excluding hydrogens is 316 g/mol. The molecule has 25 heavy (non-hydrogen) atoms. The number of aliphatic hydroxyl groups is 1. The second-order valence-corrected chi connectivity index (χ2v) is 6.59. The van der Waals surface area contributed by atoms with E-state index in [1.807, 2.05) is 39.4 Å². The zero-order valence-corrected chi connectivity index (χ0v) is 15.2. The number of Topliss-reactive ketones (excluding diaryl/α,β-unsaturated/α-hetero) is 1. The predicted molar refractivity (Wildman–Crippen MR) is 95.6 cm³/mol. The molecule has 1 aromatic rings. The number of aromatic amines is 1. The van der Waals surface area contributed by atoms with Crippen LogP contribution >= 0.6 is 0 Å². The summed E-state index contributed by atoms with van der Waals surface area (Å²) in [5.74, 6) is -0.689. The molecule has 1 heterocycles. The molecule has 0 bridgehead atoms. The highest BCUT2D eigenvalue weighted by molar-refractivity contribution is 6.39. The fraction of sp³-hybridized carbons (Fsp3) is 0.300. The van der Waals surface area contributed by atoms with Crippen molar-refractivity contribution < 1.29 is 19.6 Å². The van der Waals surface area contributed by atoms with Crippen LogP contribution in [0.3, 0.4) is 0 Å². The van der Waals surface area contributed by atoms with Gasteiger partial charge in [0.1, 0.15) is 19.9 Å². The van der Waals surface area contributed by atoms with Crippen molar-refractivity contribution in [1.82, 2.24) is 4.98 Å². The molecule has 5 nitrogen and oxygen atoms in total. The Bertz CT molecular complexity index is 946. The number of aliphatic hydroxyl groups excluding tert-OH is 1. The number of ketones is 1. The van der Waals surface area contributed by atoms with Crippen LogP contribution in [-0.4, -0.2) is 40.3 Å². The van der Waals surface area contributed by atoms with E-state index >= 15 is 0 Å². The molecule has 0 atom stereocenters. The molecule has 0 amide bonds. The van der Waals surface area contributed by atoms with Gasteiger partial charge >= 0.3 is 0 Å². The highest BCUT2D eigenvalue weighted by atomic mass is 16.3. The van der Waals surface area contributed by atoms with Crippen molar-refractivity contribution in [1.29, 1.82) is 0 Å². The van der Waals surface area contributed by atoms with Gasteiger partial charge in [-0.25, -0.2) is 4.58 Å². The Morgan fingerprint density at radius 3 is 2.36 bits per heavy atom. The van der Waals surface area contributed by atoms with Crippen LogP contribution in [-0.2, 0) is 11.2 Å². The zero-order valence-electron chi connectivity index (χ0n) is 15.2. The summed E-state index contributed by atoms with van der Waals surface area (Å²) in [7, 11) is 3.71. The number of nitrogens with one attached hydrogen (secondary N) is 1. The zero-order chi connectivity index (χ0) is 18.5. The monoisotopic (exact) mass is 338 g/mol. The average molecular weight is 338 g/mol. The quantitative estimate of drug-likeness (QED) is 0.638. The molecule has 3 rings (SSSR count). The summed E-state index contributed by atoms with van der Waals surface area (Å²) in [4.78, 5) is 15.8. The first kappa shape index (κ1) is 17.0. The Morgan fingerprint density at radius 2 is 1.88 bits per heavy atom. The van der Waals surface area contributed by atoms with Gasteiger partial charge in [0, 0.05) is 28.5 Å². The minimum Gasteiger partial charge on any atom is -0.871 e. The molecule has 0 saturated carbocycles. The van der Waals surface area contributed by atoms with E-state index < -0.39 is 0 Å². The molecule has 0 radical (unpaired) electrons. The predicted octanol–water partition coefficient (Wildman–Crippen LogP) is 1.87. The smallest absolute Gasteiger partial charge is 0.203 e. The van der Waals surface area contributed by atoms with Crippen molar-refractivity contribution in [2.24, 2.45) is 0 Å². The van der Waals surface area contributed by atoms with Crippen molar-refractivity contribution in [3.05, 3.63) is 63.4 Å². The maximum Gasteiger partial charge on any atom is 0.203 e. The van der Waals surface area contributed by atoms with Gasteiger partial charge < -0.3 is 15.2 Å². The van der Waals surface area contributed by atoms with E-state index in [0.717, 1.165) is 29.0 Å². The van der Waals surface area contributed by atoms with Crippen molar-refractivity contribution >= 4 is 17.1 Å². The lowest BCUT2D eigenvalue weighted by molar-refractivity contribution is -0.462. The van der Waals surface area contributed by atoms with Gasteiger partial charge in [-0.2, -0.15) is 0 Å². The molecule has 1 aromatic heterocycles. The van der Waals surface area contributed by atoms with Crippen LogP contribution in [0.25, 0.3) is 5.57 Å². The van der Waals surface area contributed by atoms with Crippen LogP contribution in [0.4, 0.5) is 0 Å². The van der Waals surface area contributed by atoms with E-state index in [1.54, 1.807) is 18.2 Å². The molecule has 130 valence electrons. The van der Waals surface area contributed by atoms with Crippen molar-refractivity contribution in [2.75, 3.05) is 14.1 Å². The molecule has 2 N–H and O–H groups in total. The molecule has 0 fully saturated rings. The molecular formula is C20H22N2O3. The largest absolute Gasteiger partial charge is 0.871 e. The molecule has 0 saturated heterocycles. The summed E-state index contributed by atoms with van der Waals surface area (Å²) < 4.78 is 1.84. The minimum atomic E-state index is -0.315. The summed E-state index contributed by atoms with van der Waals surface area (Å²) in [6.45, 7) is 5.91. The number of aromatic nitrogens is 1. The summed E-state index contributed by atoms with van der Waals surface area (Å²) in [5, 5.41) is 22.9. The number of hydrogen-bond donors (Lipinski definition) is 2. The van der Waals surface area contributed by atoms with Gasteiger partial charge in [0.25, 0.3) is 0 Å². The van der Waals surface area contributed by atoms with Gasteiger partial charge in [0.2, 0.25) is 5.71 Å². The first-order valence-corrected chi connectivity index (χ1v) is 8.30. The minimum absolute atomic E-state index is 0.0579. The average Bonchev–Trinajstić information content (AvgIpc) is 2.83. The number of nitrogens with zero attached hydrogens (tertiary/aromatic N) is 1. The number of hydrogen-bond acceptors (Lipinski definition) is 3. The van der Waals surface area contributed by atoms with E-state index in [0.29, 0.717) is 11.3 Å². The fourth-order valence-corrected chi connectivity index (χ4v) is 3.44. The third kappa shape index (κ3) is 2.47. The van der Waals surface area contributed by atoms with Crippen molar-refractivity contribution in [2.45, 2.75) is 27.2 Å². The second-order valence-electron chi connectivity index (χ2n) is 6.59. The number of carbonyl (C=O) groups is 1. The van der Waals surface area contributed by atoms with Crippen LogP contribution in [0, 0.1) is 13.8 Å². The summed E-state index contributed by atoms with van der Waals surface area (Å²) in [6.07, 6.45) is 5.80. The lowest BCUT2D eigenvalue weighted by atomic mass is 9.80. The lowest BCUT2D eigenvalue weighted by Crippen LogP contribution is -2.31. The van der Waals surface area contributed by atoms with Gasteiger partial charge in [-0.3, -0.25) is 4.79 Å². The first-order chi connectivity index (χ1) is 11.8. The third-order valence-electron chi connectivity index (χ3n) is 4.87. The van der Waals surface area contributed by atoms with Gasteiger partial charge in [-0.1, -0.05) is 12.7 Å². The van der Waals surface area contributed by atoms with Crippen LogP contribution in [0.1, 0.15) is 29.4 Å². The number of aryl methyl sites for hydroxylation is 1. The van der Waals surface area contributed by atoms with E-state index in [-0.39, 0.29) is 28.4 Å². The molecule has 0 aromatic carbocycles. The Hall–Kier alpha value is -2.82. The highest BCUT2D eigenvalue weighted by Crippen LogP contribution is 2.40. The molecule has 0 unspecified atom stereocenters. The SMILES string of the molecule is CCc1c(C)[nH]c(C2=C([O-])/C(=C3/C=CC(=[N+](C)C)C=C3O)C2=O)c1C. The summed E-state index contributed by atoms with van der Waals surface area (Å²) in [6, 6.07) is 0. The number of H-pyrrole nitrogens is 1. The second kappa shape index (κ2) is 5.92. The number of carbonyl (C=O) groups excluding carboxylic acids is 1. The number of rotatable bonds is 2. The molecule has 0 aliphatic heterocycles. The maximum absolute atomic E-state index is 12.7. The maximum atomic E-state index is 12.7. The molecule has 2 aliphatic carbocycles. The molecule has 5 heteroatoms. The summed E-state index contributed by atoms with van der Waals surface area (Å²) >= 11 is 0. The van der Waals surface area contributed by atoms with Crippen LogP contribution < -0.4 is 5.11 Å².